The topological polar surface area (TPSA) is 129 Å². The number of primary amides is 1. The molecule has 0 aromatic heterocycles. The molecular formula is C19H29N3O6. The van der Waals surface area contributed by atoms with Gasteiger partial charge >= 0.3 is 6.09 Å². The van der Waals surface area contributed by atoms with Crippen molar-refractivity contribution in [2.24, 2.45) is 5.73 Å². The number of nitrogens with one attached hydrogen (secondary N) is 2. The van der Waals surface area contributed by atoms with Crippen molar-refractivity contribution < 1.29 is 28.6 Å². The van der Waals surface area contributed by atoms with E-state index in [4.69, 9.17) is 19.9 Å². The van der Waals surface area contributed by atoms with Gasteiger partial charge in [-0.15, -0.1) is 0 Å². The summed E-state index contributed by atoms with van der Waals surface area (Å²) in [6, 6.07) is 8.23. The van der Waals surface area contributed by atoms with Gasteiger partial charge in [-0.1, -0.05) is 30.3 Å². The monoisotopic (exact) mass is 395 g/mol. The Morgan fingerprint density at radius 1 is 1.07 bits per heavy atom. The highest BCUT2D eigenvalue weighted by Crippen LogP contribution is 2.04. The molecule has 0 spiro atoms. The standard InChI is InChI=1S/C19H29N3O6/c1-26-17(27-2)9-6-12-21-18(24)15(10-11-16(20)23)22-19(25)28-13-14-7-4-3-5-8-14/h3-5,7-8,15,17H,6,9-13H2,1-2H3,(H2,20,23)(H,21,24)(H,22,25). The zero-order valence-corrected chi connectivity index (χ0v) is 16.3. The average molecular weight is 395 g/mol. The number of carbonyl (C=O) groups excluding carboxylic acids is 3. The van der Waals surface area contributed by atoms with Gasteiger partial charge in [0.15, 0.2) is 6.29 Å². The normalized spacial score (nSPS) is 11.7. The van der Waals surface area contributed by atoms with E-state index >= 15 is 0 Å². The van der Waals surface area contributed by atoms with E-state index in [2.05, 4.69) is 10.6 Å². The molecule has 1 rings (SSSR count). The maximum atomic E-state index is 12.4. The number of ether oxygens (including phenoxy) is 3. The summed E-state index contributed by atoms with van der Waals surface area (Å²) in [4.78, 5) is 35.4. The first-order valence-corrected chi connectivity index (χ1v) is 9.05. The predicted octanol–water partition coefficient (Wildman–Crippen LogP) is 1.06. The van der Waals surface area contributed by atoms with Gasteiger partial charge in [0.05, 0.1) is 0 Å². The molecule has 156 valence electrons. The third-order valence-electron chi connectivity index (χ3n) is 3.94. The van der Waals surface area contributed by atoms with Crippen molar-refractivity contribution >= 4 is 17.9 Å². The third-order valence-corrected chi connectivity index (χ3v) is 3.94. The van der Waals surface area contributed by atoms with E-state index in [9.17, 15) is 14.4 Å². The summed E-state index contributed by atoms with van der Waals surface area (Å²) in [7, 11) is 3.08. The zero-order valence-electron chi connectivity index (χ0n) is 16.3. The largest absolute Gasteiger partial charge is 0.445 e. The third kappa shape index (κ3) is 9.89. The Morgan fingerprint density at radius 3 is 2.36 bits per heavy atom. The number of hydrogen-bond acceptors (Lipinski definition) is 6. The molecule has 28 heavy (non-hydrogen) atoms. The molecule has 3 amide bonds. The second-order valence-electron chi connectivity index (χ2n) is 6.10. The smallest absolute Gasteiger partial charge is 0.408 e. The van der Waals surface area contributed by atoms with Crippen molar-refractivity contribution in [3.63, 3.8) is 0 Å². The van der Waals surface area contributed by atoms with Crippen LogP contribution in [0.25, 0.3) is 0 Å². The van der Waals surface area contributed by atoms with Gasteiger partial charge in [0, 0.05) is 33.6 Å². The molecule has 4 N–H and O–H groups in total. The molecule has 0 saturated carbocycles. The van der Waals surface area contributed by atoms with E-state index in [0.717, 1.165) is 5.56 Å². The lowest BCUT2D eigenvalue weighted by Crippen LogP contribution is -2.47. The molecule has 0 aliphatic heterocycles. The summed E-state index contributed by atoms with van der Waals surface area (Å²) < 4.78 is 15.3. The Bertz CT molecular complexity index is 607. The maximum absolute atomic E-state index is 12.4. The molecule has 0 fully saturated rings. The van der Waals surface area contributed by atoms with Gasteiger partial charge in [0.25, 0.3) is 0 Å². The SMILES string of the molecule is COC(CCCNC(=O)C(CCC(N)=O)NC(=O)OCc1ccccc1)OC. The maximum Gasteiger partial charge on any atom is 0.408 e. The van der Waals surface area contributed by atoms with Crippen LogP contribution in [0.2, 0.25) is 0 Å². The summed E-state index contributed by atoms with van der Waals surface area (Å²) in [6.07, 6.45) is 0.193. The molecule has 0 heterocycles. The van der Waals surface area contributed by atoms with Crippen LogP contribution in [0.15, 0.2) is 30.3 Å². The van der Waals surface area contributed by atoms with Crippen molar-refractivity contribution in [1.29, 1.82) is 0 Å². The van der Waals surface area contributed by atoms with Crippen molar-refractivity contribution in [1.82, 2.24) is 10.6 Å². The molecule has 9 nitrogen and oxygen atoms in total. The van der Waals surface area contributed by atoms with E-state index in [1.165, 1.54) is 14.2 Å². The van der Waals surface area contributed by atoms with E-state index < -0.39 is 23.9 Å². The minimum atomic E-state index is -0.920. The summed E-state index contributed by atoms with van der Waals surface area (Å²) in [5.74, 6) is -0.968. The first kappa shape index (κ1) is 23.4. The number of alkyl carbamates (subject to hydrolysis) is 1. The van der Waals surface area contributed by atoms with Crippen LogP contribution < -0.4 is 16.4 Å². The van der Waals surface area contributed by atoms with Crippen LogP contribution in [0.5, 0.6) is 0 Å². The van der Waals surface area contributed by atoms with E-state index in [0.29, 0.717) is 19.4 Å². The van der Waals surface area contributed by atoms with Crippen LogP contribution in [-0.4, -0.2) is 51.0 Å². The number of rotatable bonds is 13. The Morgan fingerprint density at radius 2 is 1.75 bits per heavy atom. The highest BCUT2D eigenvalue weighted by Gasteiger charge is 2.22. The second-order valence-corrected chi connectivity index (χ2v) is 6.10. The van der Waals surface area contributed by atoms with E-state index in [1.54, 1.807) is 0 Å². The predicted molar refractivity (Wildman–Crippen MR) is 102 cm³/mol. The Kier molecular flexibility index (Phi) is 11.3. The molecule has 0 radical (unpaired) electrons. The summed E-state index contributed by atoms with van der Waals surface area (Å²) >= 11 is 0. The zero-order chi connectivity index (χ0) is 20.8. The van der Waals surface area contributed by atoms with Crippen molar-refractivity contribution in [3.8, 4) is 0 Å². The lowest BCUT2D eigenvalue weighted by atomic mass is 10.1. The van der Waals surface area contributed by atoms with Crippen LogP contribution in [-0.2, 0) is 30.4 Å². The van der Waals surface area contributed by atoms with Gasteiger partial charge in [0.2, 0.25) is 11.8 Å². The van der Waals surface area contributed by atoms with Crippen molar-refractivity contribution in [3.05, 3.63) is 35.9 Å². The van der Waals surface area contributed by atoms with Gasteiger partial charge < -0.3 is 30.6 Å². The molecule has 1 aromatic rings. The Labute approximate surface area is 164 Å². The quantitative estimate of drug-likeness (QED) is 0.338. The van der Waals surface area contributed by atoms with Crippen molar-refractivity contribution in [2.75, 3.05) is 20.8 Å². The minimum Gasteiger partial charge on any atom is -0.445 e. The first-order chi connectivity index (χ1) is 13.5. The molecule has 0 saturated heterocycles. The van der Waals surface area contributed by atoms with Gasteiger partial charge in [-0.3, -0.25) is 9.59 Å². The average Bonchev–Trinajstić information content (AvgIpc) is 2.70. The summed E-state index contributed by atoms with van der Waals surface area (Å²) in [6.45, 7) is 0.447. The van der Waals surface area contributed by atoms with Gasteiger partial charge in [-0.05, 0) is 18.4 Å². The second kappa shape index (κ2) is 13.5. The van der Waals surface area contributed by atoms with Crippen LogP contribution >= 0.6 is 0 Å². The summed E-state index contributed by atoms with van der Waals surface area (Å²) in [5.41, 5.74) is 5.97. The fourth-order valence-corrected chi connectivity index (χ4v) is 2.40. The first-order valence-electron chi connectivity index (χ1n) is 9.05. The molecule has 0 aliphatic carbocycles. The molecule has 1 atom stereocenters. The highest BCUT2D eigenvalue weighted by atomic mass is 16.7. The van der Waals surface area contributed by atoms with Gasteiger partial charge in [-0.25, -0.2) is 4.79 Å². The van der Waals surface area contributed by atoms with Crippen molar-refractivity contribution in [2.45, 2.75) is 44.6 Å². The molecule has 0 bridgehead atoms. The van der Waals surface area contributed by atoms with Crippen LogP contribution in [0, 0.1) is 0 Å². The Hall–Kier alpha value is -2.65. The summed E-state index contributed by atoms with van der Waals surface area (Å²) in [5, 5.41) is 5.20. The lowest BCUT2D eigenvalue weighted by molar-refractivity contribution is -0.124. The van der Waals surface area contributed by atoms with E-state index in [1.807, 2.05) is 30.3 Å². The highest BCUT2D eigenvalue weighted by molar-refractivity contribution is 5.86. The van der Waals surface area contributed by atoms with Gasteiger partial charge in [0.1, 0.15) is 12.6 Å². The molecule has 1 aromatic carbocycles. The van der Waals surface area contributed by atoms with Crippen LogP contribution in [0.1, 0.15) is 31.2 Å². The number of amides is 3. The minimum absolute atomic E-state index is 0.0352. The molecular weight excluding hydrogens is 366 g/mol. The fourth-order valence-electron chi connectivity index (χ4n) is 2.40. The molecule has 1 unspecified atom stereocenters. The Balaban J connectivity index is 2.47. The fraction of sp³-hybridized carbons (Fsp3) is 0.526. The molecule has 0 aliphatic rings. The van der Waals surface area contributed by atoms with Crippen LogP contribution in [0.3, 0.4) is 0 Å². The number of carbonyl (C=O) groups is 3. The lowest BCUT2D eigenvalue weighted by Gasteiger charge is -2.18. The molecule has 9 heteroatoms. The number of hydrogen-bond donors (Lipinski definition) is 3. The number of nitrogens with two attached hydrogens (primary N) is 1. The van der Waals surface area contributed by atoms with E-state index in [-0.39, 0.29) is 25.7 Å². The van der Waals surface area contributed by atoms with Gasteiger partial charge in [-0.2, -0.15) is 0 Å². The number of methoxy groups -OCH3 is 2. The number of benzene rings is 1. The van der Waals surface area contributed by atoms with Crippen LogP contribution in [0.4, 0.5) is 4.79 Å².